The first-order valence-corrected chi connectivity index (χ1v) is 12.8. The fraction of sp³-hybridized carbons (Fsp3) is 0.435. The van der Waals surface area contributed by atoms with Crippen LogP contribution in [-0.4, -0.2) is 57.3 Å². The Morgan fingerprint density at radius 1 is 1.09 bits per heavy atom. The van der Waals surface area contributed by atoms with Gasteiger partial charge in [-0.2, -0.15) is 4.98 Å². The van der Waals surface area contributed by atoms with Gasteiger partial charge in [-0.3, -0.25) is 4.90 Å². The fourth-order valence-electron chi connectivity index (χ4n) is 3.41. The van der Waals surface area contributed by atoms with Crippen molar-refractivity contribution in [2.75, 3.05) is 39.0 Å². The van der Waals surface area contributed by atoms with Gasteiger partial charge in [-0.15, -0.1) is 0 Å². The molecule has 0 spiro atoms. The molecule has 0 atom stereocenters. The predicted molar refractivity (Wildman–Crippen MR) is 123 cm³/mol. The smallest absolute Gasteiger partial charge is 0.400 e. The highest BCUT2D eigenvalue weighted by Crippen LogP contribution is 2.30. The Hall–Kier alpha value is -2.62. The van der Waals surface area contributed by atoms with Crippen molar-refractivity contribution >= 4 is 21.1 Å². The second kappa shape index (κ2) is 10.3. The van der Waals surface area contributed by atoms with Gasteiger partial charge in [0.05, 0.1) is 6.26 Å². The molecule has 0 unspecified atom stereocenters. The normalized spacial score (nSPS) is 14.2. The van der Waals surface area contributed by atoms with E-state index < -0.39 is 10.0 Å². The maximum atomic E-state index is 11.2. The molecule has 1 aliphatic rings. The van der Waals surface area contributed by atoms with E-state index in [1.807, 2.05) is 48.5 Å². The summed E-state index contributed by atoms with van der Waals surface area (Å²) in [4.78, 5) is 6.66. The average molecular weight is 460 g/mol. The molecule has 3 aromatic rings. The zero-order chi connectivity index (χ0) is 22.4. The maximum Gasteiger partial charge on any atom is 0.400 e. The molecule has 172 valence electrons. The number of ether oxygens (including phenoxy) is 2. The molecule has 1 aromatic heterocycles. The largest absolute Gasteiger partial charge is 0.492 e. The van der Waals surface area contributed by atoms with Crippen LogP contribution in [-0.2, 0) is 10.0 Å². The van der Waals surface area contributed by atoms with Crippen molar-refractivity contribution in [3.05, 3.63) is 48.5 Å². The van der Waals surface area contributed by atoms with Crippen molar-refractivity contribution in [1.82, 2.24) is 14.6 Å². The lowest BCUT2D eigenvalue weighted by molar-refractivity contribution is 0.201. The lowest BCUT2D eigenvalue weighted by Crippen LogP contribution is -2.33. The molecular formula is C23H29N3O5S. The zero-order valence-electron chi connectivity index (χ0n) is 18.2. The fourth-order valence-corrected chi connectivity index (χ4v) is 3.93. The van der Waals surface area contributed by atoms with E-state index in [0.29, 0.717) is 24.5 Å². The number of oxazole rings is 1. The SMILES string of the molecule is CS(=O)(=O)NCCCN(CCOc1ccc(Oc2nc3ccccc3o2)cc1)CC1CC1. The van der Waals surface area contributed by atoms with Gasteiger partial charge in [0.1, 0.15) is 23.6 Å². The molecule has 4 rings (SSSR count). The lowest BCUT2D eigenvalue weighted by atomic mass is 10.3. The van der Waals surface area contributed by atoms with Crippen LogP contribution in [0.4, 0.5) is 0 Å². The minimum absolute atomic E-state index is 0.209. The highest BCUT2D eigenvalue weighted by atomic mass is 32.2. The third-order valence-corrected chi connectivity index (χ3v) is 5.94. The highest BCUT2D eigenvalue weighted by Gasteiger charge is 2.24. The molecule has 1 saturated carbocycles. The number of rotatable bonds is 13. The van der Waals surface area contributed by atoms with Crippen molar-refractivity contribution in [3.63, 3.8) is 0 Å². The molecule has 0 saturated heterocycles. The van der Waals surface area contributed by atoms with Crippen LogP contribution in [0.1, 0.15) is 19.3 Å². The van der Waals surface area contributed by atoms with Crippen LogP contribution in [0.25, 0.3) is 11.1 Å². The summed E-state index contributed by atoms with van der Waals surface area (Å²) in [5.74, 6) is 2.15. The summed E-state index contributed by atoms with van der Waals surface area (Å²) in [5.41, 5.74) is 1.44. The second-order valence-electron chi connectivity index (χ2n) is 8.13. The van der Waals surface area contributed by atoms with Gasteiger partial charge < -0.3 is 13.9 Å². The minimum atomic E-state index is -3.13. The highest BCUT2D eigenvalue weighted by molar-refractivity contribution is 7.88. The Labute approximate surface area is 188 Å². The number of hydrogen-bond donors (Lipinski definition) is 1. The van der Waals surface area contributed by atoms with Crippen molar-refractivity contribution in [1.29, 1.82) is 0 Å². The van der Waals surface area contributed by atoms with E-state index in [1.165, 1.54) is 19.1 Å². The van der Waals surface area contributed by atoms with Crippen LogP contribution in [0.5, 0.6) is 17.6 Å². The Kier molecular flexibility index (Phi) is 7.29. The van der Waals surface area contributed by atoms with E-state index in [-0.39, 0.29) is 6.08 Å². The van der Waals surface area contributed by atoms with Crippen molar-refractivity contribution in [3.8, 4) is 17.6 Å². The van der Waals surface area contributed by atoms with Crippen molar-refractivity contribution in [2.24, 2.45) is 5.92 Å². The van der Waals surface area contributed by atoms with Crippen molar-refractivity contribution in [2.45, 2.75) is 19.3 Å². The molecular weight excluding hydrogens is 430 g/mol. The van der Waals surface area contributed by atoms with E-state index in [0.717, 1.165) is 43.2 Å². The summed E-state index contributed by atoms with van der Waals surface area (Å²) in [7, 11) is -3.13. The molecule has 1 heterocycles. The van der Waals surface area contributed by atoms with Crippen LogP contribution in [0.2, 0.25) is 0 Å². The zero-order valence-corrected chi connectivity index (χ0v) is 19.0. The number of aromatic nitrogens is 1. The summed E-state index contributed by atoms with van der Waals surface area (Å²) < 4.78 is 42.1. The second-order valence-corrected chi connectivity index (χ2v) is 9.97. The molecule has 1 aliphatic carbocycles. The van der Waals surface area contributed by atoms with Crippen LogP contribution >= 0.6 is 0 Å². The number of fused-ring (bicyclic) bond motifs is 1. The van der Waals surface area contributed by atoms with Crippen LogP contribution in [0.15, 0.2) is 52.9 Å². The summed E-state index contributed by atoms with van der Waals surface area (Å²) in [6, 6.07) is 14.9. The molecule has 1 fully saturated rings. The van der Waals surface area contributed by atoms with Gasteiger partial charge >= 0.3 is 6.08 Å². The Morgan fingerprint density at radius 3 is 2.56 bits per heavy atom. The third kappa shape index (κ3) is 7.22. The van der Waals surface area contributed by atoms with E-state index in [9.17, 15) is 8.42 Å². The van der Waals surface area contributed by atoms with Crippen molar-refractivity contribution < 1.29 is 22.3 Å². The molecule has 0 radical (unpaired) electrons. The number of sulfonamides is 1. The van der Waals surface area contributed by atoms with Gasteiger partial charge in [-0.25, -0.2) is 13.1 Å². The molecule has 0 amide bonds. The summed E-state index contributed by atoms with van der Waals surface area (Å²) in [5, 5.41) is 0. The summed E-state index contributed by atoms with van der Waals surface area (Å²) in [6.07, 6.45) is 4.73. The van der Waals surface area contributed by atoms with Gasteiger partial charge in [0, 0.05) is 19.6 Å². The number of nitrogens with zero attached hydrogens (tertiary/aromatic N) is 2. The molecule has 1 N–H and O–H groups in total. The first kappa shape index (κ1) is 22.6. The number of nitrogens with one attached hydrogen (secondary N) is 1. The minimum Gasteiger partial charge on any atom is -0.492 e. The lowest BCUT2D eigenvalue weighted by Gasteiger charge is -2.22. The van der Waals surface area contributed by atoms with E-state index >= 15 is 0 Å². The van der Waals surface area contributed by atoms with Gasteiger partial charge in [0.15, 0.2) is 5.58 Å². The Bertz CT molecular complexity index is 1080. The van der Waals surface area contributed by atoms with E-state index in [4.69, 9.17) is 13.9 Å². The van der Waals surface area contributed by atoms with E-state index in [2.05, 4.69) is 14.6 Å². The first-order chi connectivity index (χ1) is 15.4. The maximum absolute atomic E-state index is 11.2. The van der Waals surface area contributed by atoms with Crippen LogP contribution < -0.4 is 14.2 Å². The standard InChI is InChI=1S/C23H29N3O5S/c1-32(27,28)24-13-4-14-26(17-18-7-8-18)15-16-29-19-9-11-20(12-10-19)30-23-25-21-5-2-3-6-22(21)31-23/h2-3,5-6,9-12,18,24H,4,7-8,13-17H2,1H3. The molecule has 8 nitrogen and oxygen atoms in total. The predicted octanol–water partition coefficient (Wildman–Crippen LogP) is 3.65. The summed E-state index contributed by atoms with van der Waals surface area (Å²) >= 11 is 0. The summed E-state index contributed by atoms with van der Waals surface area (Å²) in [6.45, 7) is 3.72. The Morgan fingerprint density at radius 2 is 1.84 bits per heavy atom. The molecule has 2 aromatic carbocycles. The van der Waals surface area contributed by atoms with Crippen LogP contribution in [0.3, 0.4) is 0 Å². The molecule has 32 heavy (non-hydrogen) atoms. The quantitative estimate of drug-likeness (QED) is 0.390. The molecule has 9 heteroatoms. The third-order valence-electron chi connectivity index (χ3n) is 5.21. The monoisotopic (exact) mass is 459 g/mol. The molecule has 0 bridgehead atoms. The topological polar surface area (TPSA) is 93.9 Å². The first-order valence-electron chi connectivity index (χ1n) is 10.9. The van der Waals surface area contributed by atoms with Gasteiger partial charge in [0.25, 0.3) is 0 Å². The van der Waals surface area contributed by atoms with Crippen LogP contribution in [0, 0.1) is 5.92 Å². The number of benzene rings is 2. The number of para-hydroxylation sites is 2. The van der Waals surface area contributed by atoms with Gasteiger partial charge in [-0.1, -0.05) is 12.1 Å². The van der Waals surface area contributed by atoms with E-state index in [1.54, 1.807) is 0 Å². The molecule has 0 aliphatic heterocycles. The Balaban J connectivity index is 1.22. The number of hydrogen-bond acceptors (Lipinski definition) is 7. The van der Waals surface area contributed by atoms with Gasteiger partial charge in [-0.05, 0) is 68.1 Å². The average Bonchev–Trinajstić information content (AvgIpc) is 3.48. The van der Waals surface area contributed by atoms with Gasteiger partial charge in [0.2, 0.25) is 10.0 Å².